The van der Waals surface area contributed by atoms with Gasteiger partial charge >= 0.3 is 0 Å². The summed E-state index contributed by atoms with van der Waals surface area (Å²) in [7, 11) is 0. The van der Waals surface area contributed by atoms with Crippen molar-refractivity contribution in [3.05, 3.63) is 40.1 Å². The van der Waals surface area contributed by atoms with E-state index in [0.717, 1.165) is 15.7 Å². The molecule has 0 saturated heterocycles. The number of aromatic nitrogens is 2. The van der Waals surface area contributed by atoms with Crippen molar-refractivity contribution in [2.75, 3.05) is 11.1 Å². The van der Waals surface area contributed by atoms with Gasteiger partial charge in [0.05, 0.1) is 11.9 Å². The molecule has 1 heterocycles. The lowest BCUT2D eigenvalue weighted by Gasteiger charge is -2.08. The molecule has 0 saturated carbocycles. The Morgan fingerprint density at radius 2 is 2.29 bits per heavy atom. The third kappa shape index (κ3) is 2.31. The maximum atomic E-state index is 11.9. The number of hydrogen-bond donors (Lipinski definition) is 3. The number of amides is 1. The first kappa shape index (κ1) is 11.7. The maximum absolute atomic E-state index is 11.9. The number of benzene rings is 1. The summed E-state index contributed by atoms with van der Waals surface area (Å²) in [6.45, 7) is 1.91. The molecule has 1 amide bonds. The summed E-state index contributed by atoms with van der Waals surface area (Å²) in [5.41, 5.74) is 7.89. The van der Waals surface area contributed by atoms with Gasteiger partial charge in [0.2, 0.25) is 0 Å². The summed E-state index contributed by atoms with van der Waals surface area (Å²) in [4.78, 5) is 11.9. The molecule has 17 heavy (non-hydrogen) atoms. The fourth-order valence-corrected chi connectivity index (χ4v) is 1.77. The van der Waals surface area contributed by atoms with Crippen LogP contribution in [-0.4, -0.2) is 16.1 Å². The molecule has 6 heteroatoms. The number of carbonyl (C=O) groups excluding carboxylic acids is 1. The summed E-state index contributed by atoms with van der Waals surface area (Å²) in [5.74, 6) is -0.304. The van der Waals surface area contributed by atoms with Gasteiger partial charge in [0.15, 0.2) is 0 Å². The predicted octanol–water partition coefficient (Wildman–Crippen LogP) is 2.32. The number of H-pyrrole nitrogens is 1. The molecule has 0 atom stereocenters. The third-order valence-corrected chi connectivity index (χ3v) is 3.27. The molecule has 0 unspecified atom stereocenters. The lowest BCUT2D eigenvalue weighted by atomic mass is 10.2. The largest absolute Gasteiger partial charge is 0.396 e. The van der Waals surface area contributed by atoms with Crippen molar-refractivity contribution in [1.29, 1.82) is 0 Å². The van der Waals surface area contributed by atoms with Crippen molar-refractivity contribution >= 4 is 33.2 Å². The Morgan fingerprint density at radius 1 is 1.53 bits per heavy atom. The monoisotopic (exact) mass is 294 g/mol. The van der Waals surface area contributed by atoms with Gasteiger partial charge in [-0.2, -0.15) is 5.10 Å². The smallest absolute Gasteiger partial charge is 0.275 e. The van der Waals surface area contributed by atoms with Crippen molar-refractivity contribution in [2.24, 2.45) is 0 Å². The SMILES string of the molecule is Cc1c(Br)cccc1NC(=O)c1[nH]ncc1N. The van der Waals surface area contributed by atoms with Crippen LogP contribution in [0.25, 0.3) is 0 Å². The second kappa shape index (κ2) is 4.58. The standard InChI is InChI=1S/C11H11BrN4O/c1-6-7(12)3-2-4-9(6)15-11(17)10-8(13)5-14-16-10/h2-5H,13H2,1H3,(H,14,16)(H,15,17). The van der Waals surface area contributed by atoms with E-state index < -0.39 is 0 Å². The Hall–Kier alpha value is -1.82. The van der Waals surface area contributed by atoms with Gasteiger partial charge in [-0.25, -0.2) is 0 Å². The average Bonchev–Trinajstić information content (AvgIpc) is 2.71. The molecule has 0 bridgehead atoms. The highest BCUT2D eigenvalue weighted by Crippen LogP contribution is 2.24. The number of nitrogens with zero attached hydrogens (tertiary/aromatic N) is 1. The number of carbonyl (C=O) groups is 1. The van der Waals surface area contributed by atoms with Crippen LogP contribution in [0.2, 0.25) is 0 Å². The first-order chi connectivity index (χ1) is 8.09. The zero-order valence-corrected chi connectivity index (χ0v) is 10.7. The normalized spacial score (nSPS) is 10.2. The number of hydrogen-bond acceptors (Lipinski definition) is 3. The van der Waals surface area contributed by atoms with Crippen molar-refractivity contribution in [1.82, 2.24) is 10.2 Å². The summed E-state index contributed by atoms with van der Waals surface area (Å²) >= 11 is 3.40. The van der Waals surface area contributed by atoms with Crippen molar-refractivity contribution in [3.8, 4) is 0 Å². The van der Waals surface area contributed by atoms with Crippen LogP contribution in [-0.2, 0) is 0 Å². The van der Waals surface area contributed by atoms with Gasteiger partial charge in [0, 0.05) is 10.2 Å². The molecule has 2 aromatic rings. The number of nitrogens with one attached hydrogen (secondary N) is 2. The molecule has 88 valence electrons. The van der Waals surface area contributed by atoms with Crippen LogP contribution >= 0.6 is 15.9 Å². The van der Waals surface area contributed by atoms with Gasteiger partial charge in [0.1, 0.15) is 5.69 Å². The first-order valence-corrected chi connectivity index (χ1v) is 5.74. The highest BCUT2D eigenvalue weighted by molar-refractivity contribution is 9.10. The summed E-state index contributed by atoms with van der Waals surface area (Å²) in [5, 5.41) is 9.04. The number of aromatic amines is 1. The highest BCUT2D eigenvalue weighted by atomic mass is 79.9. The van der Waals surface area contributed by atoms with Crippen molar-refractivity contribution < 1.29 is 4.79 Å². The number of nitrogen functional groups attached to an aromatic ring is 1. The van der Waals surface area contributed by atoms with Gasteiger partial charge in [0.25, 0.3) is 5.91 Å². The van der Waals surface area contributed by atoms with E-state index in [9.17, 15) is 4.79 Å². The van der Waals surface area contributed by atoms with E-state index in [1.54, 1.807) is 0 Å². The van der Waals surface area contributed by atoms with Gasteiger partial charge in [-0.15, -0.1) is 0 Å². The first-order valence-electron chi connectivity index (χ1n) is 4.95. The van der Waals surface area contributed by atoms with Crippen LogP contribution in [0, 0.1) is 6.92 Å². The lowest BCUT2D eigenvalue weighted by Crippen LogP contribution is -2.15. The minimum absolute atomic E-state index is 0.268. The van der Waals surface area contributed by atoms with E-state index in [1.165, 1.54) is 6.20 Å². The molecule has 5 nitrogen and oxygen atoms in total. The van der Waals surface area contributed by atoms with E-state index in [0.29, 0.717) is 5.69 Å². The maximum Gasteiger partial charge on any atom is 0.275 e. The molecule has 2 rings (SSSR count). The Morgan fingerprint density at radius 3 is 2.94 bits per heavy atom. The van der Waals surface area contributed by atoms with Crippen LogP contribution in [0.5, 0.6) is 0 Å². The van der Waals surface area contributed by atoms with E-state index in [2.05, 4.69) is 31.4 Å². The van der Waals surface area contributed by atoms with E-state index >= 15 is 0 Å². The Kier molecular flexibility index (Phi) is 3.14. The number of anilines is 2. The quantitative estimate of drug-likeness (QED) is 0.795. The molecular weight excluding hydrogens is 284 g/mol. The van der Waals surface area contributed by atoms with E-state index in [-0.39, 0.29) is 11.6 Å². The third-order valence-electron chi connectivity index (χ3n) is 2.41. The Labute approximate surface area is 107 Å². The summed E-state index contributed by atoms with van der Waals surface area (Å²) in [6.07, 6.45) is 1.41. The minimum Gasteiger partial charge on any atom is -0.396 e. The fraction of sp³-hybridized carbons (Fsp3) is 0.0909. The van der Waals surface area contributed by atoms with Crippen LogP contribution in [0.4, 0.5) is 11.4 Å². The van der Waals surface area contributed by atoms with Crippen molar-refractivity contribution in [3.63, 3.8) is 0 Å². The minimum atomic E-state index is -0.304. The molecular formula is C11H11BrN4O. The predicted molar refractivity (Wildman–Crippen MR) is 69.8 cm³/mol. The zero-order valence-electron chi connectivity index (χ0n) is 9.12. The number of rotatable bonds is 2. The second-order valence-electron chi connectivity index (χ2n) is 3.57. The fourth-order valence-electron chi connectivity index (χ4n) is 1.41. The van der Waals surface area contributed by atoms with Gasteiger partial charge in [-0.3, -0.25) is 9.89 Å². The lowest BCUT2D eigenvalue weighted by molar-refractivity contribution is 0.102. The van der Waals surface area contributed by atoms with Crippen LogP contribution in [0.15, 0.2) is 28.9 Å². The van der Waals surface area contributed by atoms with E-state index in [1.807, 2.05) is 25.1 Å². The molecule has 0 radical (unpaired) electrons. The van der Waals surface area contributed by atoms with Crippen LogP contribution in [0.3, 0.4) is 0 Å². The summed E-state index contributed by atoms with van der Waals surface area (Å²) < 4.78 is 0.938. The molecule has 0 aliphatic rings. The molecule has 0 aliphatic carbocycles. The number of halogens is 1. The Balaban J connectivity index is 2.25. The molecule has 0 aliphatic heterocycles. The summed E-state index contributed by atoms with van der Waals surface area (Å²) in [6, 6.07) is 5.59. The molecule has 4 N–H and O–H groups in total. The van der Waals surface area contributed by atoms with Gasteiger partial charge in [-0.1, -0.05) is 22.0 Å². The molecule has 1 aromatic carbocycles. The van der Waals surface area contributed by atoms with Crippen LogP contribution in [0.1, 0.15) is 16.1 Å². The topological polar surface area (TPSA) is 83.8 Å². The van der Waals surface area contributed by atoms with Gasteiger partial charge < -0.3 is 11.1 Å². The molecule has 0 fully saturated rings. The molecule has 1 aromatic heterocycles. The second-order valence-corrected chi connectivity index (χ2v) is 4.42. The van der Waals surface area contributed by atoms with Crippen LogP contribution < -0.4 is 11.1 Å². The van der Waals surface area contributed by atoms with Gasteiger partial charge in [-0.05, 0) is 24.6 Å². The molecule has 0 spiro atoms. The van der Waals surface area contributed by atoms with Crippen molar-refractivity contribution in [2.45, 2.75) is 6.92 Å². The average molecular weight is 295 g/mol. The van der Waals surface area contributed by atoms with E-state index in [4.69, 9.17) is 5.73 Å². The highest BCUT2D eigenvalue weighted by Gasteiger charge is 2.13. The Bertz CT molecular complexity index is 564. The zero-order chi connectivity index (χ0) is 12.4. The number of nitrogens with two attached hydrogens (primary N) is 1.